The number of aromatic nitrogens is 1. The first kappa shape index (κ1) is 22.0. The summed E-state index contributed by atoms with van der Waals surface area (Å²) >= 11 is 0. The minimum atomic E-state index is -1.24. The number of nitrogens with zero attached hydrogens (tertiary/aromatic N) is 2. The van der Waals surface area contributed by atoms with Gasteiger partial charge in [-0.25, -0.2) is 4.79 Å². The Balaban J connectivity index is 1.66. The van der Waals surface area contributed by atoms with Crippen LogP contribution in [0.1, 0.15) is 40.5 Å². The second kappa shape index (κ2) is 9.38. The molecule has 0 fully saturated rings. The number of pyridine rings is 1. The van der Waals surface area contributed by atoms with Crippen molar-refractivity contribution in [3.05, 3.63) is 64.5 Å². The lowest BCUT2D eigenvalue weighted by molar-refractivity contribution is -0.0154. The molecule has 0 spiro atoms. The van der Waals surface area contributed by atoms with Crippen molar-refractivity contribution >= 4 is 17.3 Å². The molecule has 0 aliphatic carbocycles. The molecule has 2 aromatic rings. The number of rotatable bonds is 5. The van der Waals surface area contributed by atoms with Gasteiger partial charge in [-0.1, -0.05) is 12.1 Å². The third-order valence-corrected chi connectivity index (χ3v) is 5.55. The Hall–Kier alpha value is -2.74. The van der Waals surface area contributed by atoms with Crippen LogP contribution in [-0.2, 0) is 0 Å². The van der Waals surface area contributed by atoms with Gasteiger partial charge in [-0.2, -0.15) is 0 Å². The Morgan fingerprint density at radius 3 is 2.53 bits per heavy atom. The van der Waals surface area contributed by atoms with E-state index in [-0.39, 0.29) is 6.03 Å². The molecule has 1 aromatic heterocycles. The lowest BCUT2D eigenvalue weighted by Crippen LogP contribution is -2.38. The van der Waals surface area contributed by atoms with Gasteiger partial charge in [0.1, 0.15) is 12.2 Å². The highest BCUT2D eigenvalue weighted by Crippen LogP contribution is 2.26. The van der Waals surface area contributed by atoms with Crippen molar-refractivity contribution in [1.29, 1.82) is 0 Å². The number of aliphatic hydroxyl groups excluding tert-OH is 3. The van der Waals surface area contributed by atoms with Crippen LogP contribution in [0.15, 0.2) is 36.5 Å². The zero-order chi connectivity index (χ0) is 21.8. The van der Waals surface area contributed by atoms with Crippen molar-refractivity contribution in [2.75, 3.05) is 25.0 Å². The number of benzene rings is 1. The summed E-state index contributed by atoms with van der Waals surface area (Å²) in [5.74, 6) is 0. The Morgan fingerprint density at radius 2 is 1.93 bits per heavy atom. The van der Waals surface area contributed by atoms with Gasteiger partial charge in [0, 0.05) is 30.5 Å². The average Bonchev–Trinajstić information content (AvgIpc) is 2.75. The molecule has 0 saturated heterocycles. The summed E-state index contributed by atoms with van der Waals surface area (Å²) in [6.45, 7) is 6.50. The van der Waals surface area contributed by atoms with Gasteiger partial charge in [0.2, 0.25) is 0 Å². The number of carbonyl (C=O) groups is 1. The van der Waals surface area contributed by atoms with Gasteiger partial charge in [0.05, 0.1) is 12.3 Å². The fourth-order valence-electron chi connectivity index (χ4n) is 3.51. The molecule has 0 saturated carbocycles. The molecule has 0 unspecified atom stereocenters. The second-order valence-electron chi connectivity index (χ2n) is 7.78. The maximum atomic E-state index is 12.6. The highest BCUT2D eigenvalue weighted by molar-refractivity contribution is 5.90. The van der Waals surface area contributed by atoms with E-state index in [0.29, 0.717) is 25.1 Å². The van der Waals surface area contributed by atoms with Gasteiger partial charge >= 0.3 is 6.03 Å². The van der Waals surface area contributed by atoms with E-state index in [9.17, 15) is 15.0 Å². The molecule has 4 N–H and O–H groups in total. The summed E-state index contributed by atoms with van der Waals surface area (Å²) in [5, 5.41) is 31.6. The molecule has 1 aromatic carbocycles. The molecule has 160 valence electrons. The third kappa shape index (κ3) is 4.87. The number of urea groups is 1. The summed E-state index contributed by atoms with van der Waals surface area (Å²) < 4.78 is 0. The minimum Gasteiger partial charge on any atom is -0.394 e. The zero-order valence-electron chi connectivity index (χ0n) is 17.6. The van der Waals surface area contributed by atoms with Gasteiger partial charge in [-0.15, -0.1) is 0 Å². The molecule has 1 aliphatic rings. The van der Waals surface area contributed by atoms with Gasteiger partial charge in [0.15, 0.2) is 0 Å². The van der Waals surface area contributed by atoms with Crippen molar-refractivity contribution in [2.45, 2.75) is 39.4 Å². The van der Waals surface area contributed by atoms with Crippen LogP contribution in [0, 0.1) is 20.8 Å². The summed E-state index contributed by atoms with van der Waals surface area (Å²) in [6.07, 6.45) is 1.77. The molecule has 2 amide bonds. The maximum Gasteiger partial charge on any atom is 0.322 e. The first-order chi connectivity index (χ1) is 14.3. The zero-order valence-corrected chi connectivity index (χ0v) is 17.6. The minimum absolute atomic E-state index is 0.130. The van der Waals surface area contributed by atoms with Crippen LogP contribution in [0.5, 0.6) is 0 Å². The Bertz CT molecular complexity index is 957. The molecule has 7 heteroatoms. The van der Waals surface area contributed by atoms with Crippen LogP contribution in [0.25, 0.3) is 5.57 Å². The predicted molar refractivity (Wildman–Crippen MR) is 116 cm³/mol. The van der Waals surface area contributed by atoms with Crippen LogP contribution in [0.2, 0.25) is 0 Å². The summed E-state index contributed by atoms with van der Waals surface area (Å²) in [6, 6.07) is 7.51. The van der Waals surface area contributed by atoms with E-state index in [0.717, 1.165) is 28.1 Å². The van der Waals surface area contributed by atoms with E-state index in [4.69, 9.17) is 5.11 Å². The Morgan fingerprint density at radius 1 is 1.17 bits per heavy atom. The Kier molecular flexibility index (Phi) is 6.87. The van der Waals surface area contributed by atoms with Crippen molar-refractivity contribution in [1.82, 2.24) is 9.88 Å². The monoisotopic (exact) mass is 411 g/mol. The molecule has 0 bridgehead atoms. The molecule has 30 heavy (non-hydrogen) atoms. The number of nitrogens with one attached hydrogen (secondary N) is 1. The molecular weight excluding hydrogens is 382 g/mol. The number of aliphatic hydroxyl groups is 3. The van der Waals surface area contributed by atoms with Gasteiger partial charge < -0.3 is 25.5 Å². The number of hydrogen-bond donors (Lipinski definition) is 4. The molecule has 2 atom stereocenters. The van der Waals surface area contributed by atoms with E-state index in [1.807, 2.05) is 45.0 Å². The van der Waals surface area contributed by atoms with Crippen LogP contribution < -0.4 is 5.32 Å². The molecule has 1 aliphatic heterocycles. The molecule has 7 nitrogen and oxygen atoms in total. The van der Waals surface area contributed by atoms with Gasteiger partial charge in [0.25, 0.3) is 0 Å². The number of anilines is 1. The van der Waals surface area contributed by atoms with Crippen LogP contribution in [0.4, 0.5) is 10.5 Å². The fourth-order valence-corrected chi connectivity index (χ4v) is 3.51. The van der Waals surface area contributed by atoms with E-state index in [1.165, 1.54) is 11.8 Å². The lowest BCUT2D eigenvalue weighted by atomic mass is 9.98. The third-order valence-electron chi connectivity index (χ3n) is 5.55. The molecule has 0 radical (unpaired) electrons. The first-order valence-electron chi connectivity index (χ1n) is 10.1. The van der Waals surface area contributed by atoms with Crippen molar-refractivity contribution in [3.63, 3.8) is 0 Å². The molecule has 2 heterocycles. The van der Waals surface area contributed by atoms with Crippen LogP contribution in [0.3, 0.4) is 0 Å². The second-order valence-corrected chi connectivity index (χ2v) is 7.78. The quantitative estimate of drug-likeness (QED) is 0.605. The normalized spacial score (nSPS) is 16.1. The highest BCUT2D eigenvalue weighted by Gasteiger charge is 2.22. The highest BCUT2D eigenvalue weighted by atomic mass is 16.4. The van der Waals surface area contributed by atoms with Crippen molar-refractivity contribution < 1.29 is 20.1 Å². The largest absolute Gasteiger partial charge is 0.394 e. The molecule has 3 rings (SSSR count). The molecular formula is C23H29N3O4. The number of hydrogen-bond acceptors (Lipinski definition) is 5. The average molecular weight is 412 g/mol. The van der Waals surface area contributed by atoms with E-state index in [1.54, 1.807) is 11.0 Å². The number of carbonyl (C=O) groups excluding carboxylic acids is 1. The number of aryl methyl sites for hydroxylation is 3. The van der Waals surface area contributed by atoms with Crippen molar-refractivity contribution in [3.8, 4) is 0 Å². The fraction of sp³-hybridized carbons (Fsp3) is 0.391. The van der Waals surface area contributed by atoms with E-state index in [2.05, 4.69) is 10.3 Å². The van der Waals surface area contributed by atoms with Gasteiger partial charge in [-0.05, 0) is 67.7 Å². The lowest BCUT2D eigenvalue weighted by Gasteiger charge is -2.27. The topological polar surface area (TPSA) is 106 Å². The smallest absolute Gasteiger partial charge is 0.322 e. The summed E-state index contributed by atoms with van der Waals surface area (Å²) in [4.78, 5) is 18.8. The van der Waals surface area contributed by atoms with E-state index >= 15 is 0 Å². The first-order valence-corrected chi connectivity index (χ1v) is 10.1. The summed E-state index contributed by atoms with van der Waals surface area (Å²) in [5.41, 5.74) is 6.31. The summed E-state index contributed by atoms with van der Waals surface area (Å²) in [7, 11) is 0. The van der Waals surface area contributed by atoms with Crippen LogP contribution in [-0.4, -0.2) is 57.0 Å². The SMILES string of the molecule is Cc1ccc(NC(=O)N2CC=C(c3ncc([C@H](O)[C@@H](O)CO)cc3C)CC2)cc1C. The Labute approximate surface area is 176 Å². The maximum absolute atomic E-state index is 12.6. The van der Waals surface area contributed by atoms with E-state index < -0.39 is 18.8 Å². The van der Waals surface area contributed by atoms with Gasteiger partial charge in [-0.3, -0.25) is 4.98 Å². The standard InChI is InChI=1S/C23H29N3O4/c1-14-4-5-19(11-15(14)2)25-23(30)26-8-6-17(7-9-26)21-16(3)10-18(12-24-21)22(29)20(28)13-27/h4-6,10-12,20,22,27-29H,7-9,13H2,1-3H3,(H,25,30)/t20-,22-/m0/s1. The van der Waals surface area contributed by atoms with Crippen molar-refractivity contribution in [2.24, 2.45) is 0 Å². The van der Waals surface area contributed by atoms with Crippen LogP contribution >= 0.6 is 0 Å². The number of amides is 2. The predicted octanol–water partition coefficient (Wildman–Crippen LogP) is 2.71.